The second-order valence-electron chi connectivity index (χ2n) is 5.80. The molecule has 2 N–H and O–H groups in total. The van der Waals surface area contributed by atoms with Crippen LogP contribution in [0.3, 0.4) is 0 Å². The van der Waals surface area contributed by atoms with Crippen molar-refractivity contribution in [3.05, 3.63) is 0 Å². The Balaban J connectivity index is 1.78. The molecular formula is C12H23NO3S. The Labute approximate surface area is 104 Å². The highest BCUT2D eigenvalue weighted by Gasteiger charge is 2.37. The first-order valence-electron chi connectivity index (χ1n) is 6.57. The molecule has 0 saturated heterocycles. The summed E-state index contributed by atoms with van der Waals surface area (Å²) in [5.41, 5.74) is -0.197. The van der Waals surface area contributed by atoms with Gasteiger partial charge in [0.25, 0.3) is 0 Å². The zero-order valence-electron chi connectivity index (χ0n) is 10.4. The zero-order chi connectivity index (χ0) is 12.4. The minimum atomic E-state index is -3.39. The number of hydrogen-bond donors (Lipinski definition) is 1. The van der Waals surface area contributed by atoms with Crippen molar-refractivity contribution < 1.29 is 13.2 Å². The van der Waals surface area contributed by atoms with Crippen LogP contribution in [0.25, 0.3) is 0 Å². The summed E-state index contributed by atoms with van der Waals surface area (Å²) in [5.74, 6) is 0.955. The van der Waals surface area contributed by atoms with E-state index in [4.69, 9.17) is 9.88 Å². The van der Waals surface area contributed by atoms with Gasteiger partial charge >= 0.3 is 0 Å². The number of nitrogens with two attached hydrogens (primary N) is 1. The third-order valence-corrected chi connectivity index (χ3v) is 4.96. The average Bonchev–Trinajstić information content (AvgIpc) is 2.93. The first kappa shape index (κ1) is 13.3. The Morgan fingerprint density at radius 2 is 1.88 bits per heavy atom. The van der Waals surface area contributed by atoms with E-state index in [0.717, 1.165) is 44.6 Å². The summed E-state index contributed by atoms with van der Waals surface area (Å²) in [4.78, 5) is 0. The van der Waals surface area contributed by atoms with Crippen molar-refractivity contribution in [3.63, 3.8) is 0 Å². The van der Waals surface area contributed by atoms with Crippen LogP contribution in [-0.4, -0.2) is 27.4 Å². The number of ether oxygens (including phenoxy) is 1. The van der Waals surface area contributed by atoms with Gasteiger partial charge in [0, 0.05) is 12.0 Å². The van der Waals surface area contributed by atoms with Gasteiger partial charge in [0.1, 0.15) is 0 Å². The van der Waals surface area contributed by atoms with Gasteiger partial charge < -0.3 is 4.74 Å². The first-order chi connectivity index (χ1) is 7.99. The second-order valence-corrected chi connectivity index (χ2v) is 7.41. The molecule has 0 spiro atoms. The van der Waals surface area contributed by atoms with E-state index in [2.05, 4.69) is 0 Å². The molecule has 4 nitrogen and oxygen atoms in total. The maximum absolute atomic E-state index is 11.3. The minimum Gasteiger partial charge on any atom is -0.381 e. The average molecular weight is 261 g/mol. The molecule has 2 fully saturated rings. The molecule has 0 atom stereocenters. The second kappa shape index (κ2) is 5.24. The standard InChI is InChI=1S/C12H23NO3S/c13-17(14,15)10-12(6-1-2-7-12)9-16-8-5-11-3-4-11/h11H,1-10H2,(H2,13,14,15). The zero-order valence-corrected chi connectivity index (χ0v) is 11.2. The van der Waals surface area contributed by atoms with Crippen molar-refractivity contribution >= 4 is 10.0 Å². The third kappa shape index (κ3) is 4.56. The lowest BCUT2D eigenvalue weighted by Gasteiger charge is -2.27. The molecule has 2 aliphatic carbocycles. The van der Waals surface area contributed by atoms with Crippen molar-refractivity contribution in [3.8, 4) is 0 Å². The van der Waals surface area contributed by atoms with E-state index in [1.807, 2.05) is 0 Å². The van der Waals surface area contributed by atoms with E-state index in [0.29, 0.717) is 6.61 Å². The van der Waals surface area contributed by atoms with Gasteiger partial charge in [-0.05, 0) is 25.2 Å². The molecule has 2 rings (SSSR count). The summed E-state index contributed by atoms with van der Waals surface area (Å²) in [5, 5.41) is 5.18. The Hall–Kier alpha value is -0.130. The van der Waals surface area contributed by atoms with Crippen LogP contribution in [0.1, 0.15) is 44.9 Å². The molecule has 2 saturated carbocycles. The molecule has 0 bridgehead atoms. The first-order valence-corrected chi connectivity index (χ1v) is 8.29. The molecule has 2 aliphatic rings. The summed E-state index contributed by atoms with van der Waals surface area (Å²) in [6, 6.07) is 0. The molecule has 0 unspecified atom stereocenters. The van der Waals surface area contributed by atoms with E-state index in [9.17, 15) is 8.42 Å². The summed E-state index contributed by atoms with van der Waals surface area (Å²) < 4.78 is 28.2. The summed E-state index contributed by atoms with van der Waals surface area (Å²) in [7, 11) is -3.39. The molecule has 0 radical (unpaired) electrons. The molecule has 0 aliphatic heterocycles. The highest BCUT2D eigenvalue weighted by molar-refractivity contribution is 7.89. The van der Waals surface area contributed by atoms with Gasteiger partial charge in [-0.2, -0.15) is 0 Å². The van der Waals surface area contributed by atoms with E-state index in [-0.39, 0.29) is 11.2 Å². The summed E-state index contributed by atoms with van der Waals surface area (Å²) in [6.07, 6.45) is 7.88. The fourth-order valence-electron chi connectivity index (χ4n) is 2.83. The molecule has 0 heterocycles. The van der Waals surface area contributed by atoms with Gasteiger partial charge in [0.15, 0.2) is 0 Å². The van der Waals surface area contributed by atoms with Crippen LogP contribution in [-0.2, 0) is 14.8 Å². The number of primary sulfonamides is 1. The van der Waals surface area contributed by atoms with E-state index < -0.39 is 10.0 Å². The largest absolute Gasteiger partial charge is 0.381 e. The molecule has 0 amide bonds. The van der Waals surface area contributed by atoms with Crippen molar-refractivity contribution in [2.75, 3.05) is 19.0 Å². The van der Waals surface area contributed by atoms with Crippen molar-refractivity contribution in [1.29, 1.82) is 0 Å². The van der Waals surface area contributed by atoms with Crippen molar-refractivity contribution in [2.24, 2.45) is 16.5 Å². The van der Waals surface area contributed by atoms with Crippen molar-refractivity contribution in [2.45, 2.75) is 44.9 Å². The summed E-state index contributed by atoms with van der Waals surface area (Å²) >= 11 is 0. The van der Waals surface area contributed by atoms with Crippen LogP contribution in [0.15, 0.2) is 0 Å². The van der Waals surface area contributed by atoms with E-state index >= 15 is 0 Å². The van der Waals surface area contributed by atoms with Gasteiger partial charge in [-0.15, -0.1) is 0 Å². The lowest BCUT2D eigenvalue weighted by molar-refractivity contribution is 0.0545. The number of rotatable bonds is 7. The molecule has 5 heteroatoms. The van der Waals surface area contributed by atoms with Gasteiger partial charge in [-0.1, -0.05) is 25.7 Å². The number of hydrogen-bond acceptors (Lipinski definition) is 3. The van der Waals surface area contributed by atoms with E-state index in [1.165, 1.54) is 12.8 Å². The smallest absolute Gasteiger partial charge is 0.209 e. The van der Waals surface area contributed by atoms with Crippen LogP contribution < -0.4 is 5.14 Å². The quantitative estimate of drug-likeness (QED) is 0.708. The highest BCUT2D eigenvalue weighted by Crippen LogP contribution is 2.39. The fraction of sp³-hybridized carbons (Fsp3) is 1.00. The lowest BCUT2D eigenvalue weighted by atomic mass is 9.90. The monoisotopic (exact) mass is 261 g/mol. The third-order valence-electron chi connectivity index (χ3n) is 3.95. The van der Waals surface area contributed by atoms with E-state index in [1.54, 1.807) is 0 Å². The normalized spacial score (nSPS) is 24.1. The van der Waals surface area contributed by atoms with Crippen LogP contribution in [0.2, 0.25) is 0 Å². The fourth-order valence-corrected chi connectivity index (χ4v) is 4.05. The Kier molecular flexibility index (Phi) is 4.10. The van der Waals surface area contributed by atoms with Crippen LogP contribution in [0.4, 0.5) is 0 Å². The van der Waals surface area contributed by atoms with Gasteiger partial charge in [0.05, 0.1) is 12.4 Å². The van der Waals surface area contributed by atoms with Gasteiger partial charge in [-0.3, -0.25) is 0 Å². The maximum atomic E-state index is 11.3. The molecule has 0 aromatic heterocycles. The predicted molar refractivity (Wildman–Crippen MR) is 67.0 cm³/mol. The van der Waals surface area contributed by atoms with Gasteiger partial charge in [-0.25, -0.2) is 13.6 Å². The molecule has 0 aromatic carbocycles. The summed E-state index contributed by atoms with van der Waals surface area (Å²) in [6.45, 7) is 1.34. The SMILES string of the molecule is NS(=O)(=O)CC1(COCCC2CC2)CCCC1. The predicted octanol–water partition coefficient (Wildman–Crippen LogP) is 1.65. The van der Waals surface area contributed by atoms with Crippen LogP contribution in [0.5, 0.6) is 0 Å². The number of sulfonamides is 1. The molecule has 0 aromatic rings. The highest BCUT2D eigenvalue weighted by atomic mass is 32.2. The Bertz CT molecular complexity index is 343. The lowest BCUT2D eigenvalue weighted by Crippen LogP contribution is -2.35. The van der Waals surface area contributed by atoms with Crippen LogP contribution in [0, 0.1) is 11.3 Å². The molecular weight excluding hydrogens is 238 g/mol. The molecule has 17 heavy (non-hydrogen) atoms. The van der Waals surface area contributed by atoms with Gasteiger partial charge in [0.2, 0.25) is 10.0 Å². The Morgan fingerprint density at radius 3 is 2.41 bits per heavy atom. The molecule has 100 valence electrons. The topological polar surface area (TPSA) is 69.4 Å². The van der Waals surface area contributed by atoms with Crippen molar-refractivity contribution in [1.82, 2.24) is 0 Å². The Morgan fingerprint density at radius 1 is 1.24 bits per heavy atom. The van der Waals surface area contributed by atoms with Crippen LogP contribution >= 0.6 is 0 Å². The minimum absolute atomic E-state index is 0.0867. The maximum Gasteiger partial charge on any atom is 0.209 e.